The smallest absolute Gasteiger partial charge is 0.321 e. The van der Waals surface area contributed by atoms with Crippen molar-refractivity contribution in [3.8, 4) is 11.5 Å². The summed E-state index contributed by atoms with van der Waals surface area (Å²) in [4.78, 5) is 18.8. The molecule has 1 aliphatic rings. The molecule has 0 spiro atoms. The lowest BCUT2D eigenvalue weighted by atomic mass is 9.92. The molecule has 0 saturated carbocycles. The number of nitrogens with one attached hydrogen (secondary N) is 1. The minimum atomic E-state index is -0.154. The molecular weight excluding hydrogens is 362 g/mol. The monoisotopic (exact) mass is 383 g/mol. The molecule has 1 fully saturated rings. The Kier molecular flexibility index (Phi) is 4.96. The second kappa shape index (κ2) is 7.54. The van der Waals surface area contributed by atoms with E-state index in [1.54, 1.807) is 22.4 Å². The minimum Gasteiger partial charge on any atom is -0.445 e. The maximum atomic E-state index is 12.8. The van der Waals surface area contributed by atoms with E-state index in [1.165, 1.54) is 11.8 Å². The second-order valence-electron chi connectivity index (χ2n) is 6.76. The van der Waals surface area contributed by atoms with E-state index in [0.717, 1.165) is 16.8 Å². The van der Waals surface area contributed by atoms with Gasteiger partial charge in [0.25, 0.3) is 0 Å². The Morgan fingerprint density at radius 2 is 2.30 bits per heavy atom. The molecule has 7 heteroatoms. The summed E-state index contributed by atoms with van der Waals surface area (Å²) in [5, 5.41) is 16.9. The molecule has 1 aliphatic heterocycles. The van der Waals surface area contributed by atoms with Crippen LogP contribution in [0.15, 0.2) is 51.9 Å². The first-order chi connectivity index (χ1) is 13.2. The predicted octanol–water partition coefficient (Wildman–Crippen LogP) is 3.95. The van der Waals surface area contributed by atoms with Gasteiger partial charge in [0.1, 0.15) is 6.26 Å². The first-order valence-corrected chi connectivity index (χ1v) is 9.80. The summed E-state index contributed by atoms with van der Waals surface area (Å²) < 4.78 is 5.38. The number of nitrogens with zero attached hydrogens (tertiary/aromatic N) is 2. The van der Waals surface area contributed by atoms with Crippen LogP contribution in [0.5, 0.6) is 0 Å². The number of hydrogen-bond acceptors (Lipinski definition) is 5. The van der Waals surface area contributed by atoms with Crippen LogP contribution in [0.2, 0.25) is 0 Å². The van der Waals surface area contributed by atoms with Gasteiger partial charge in [-0.15, -0.1) is 0 Å². The van der Waals surface area contributed by atoms with Gasteiger partial charge in [-0.1, -0.05) is 6.07 Å². The van der Waals surface area contributed by atoms with Crippen molar-refractivity contribution < 1.29 is 14.3 Å². The van der Waals surface area contributed by atoms with Crippen LogP contribution in [0.25, 0.3) is 11.5 Å². The van der Waals surface area contributed by atoms with Crippen molar-refractivity contribution in [1.29, 1.82) is 0 Å². The lowest BCUT2D eigenvalue weighted by Crippen LogP contribution is -2.33. The number of aliphatic hydroxyl groups is 1. The SMILES string of the molecule is Cc1c(NC(=O)N2C[C@@H](CO)[C@H](c3ccsc3)C2)cccc1-c1ncco1. The maximum absolute atomic E-state index is 12.8. The molecule has 3 heterocycles. The van der Waals surface area contributed by atoms with Crippen molar-refractivity contribution in [3.63, 3.8) is 0 Å². The molecule has 0 unspecified atom stereocenters. The van der Waals surface area contributed by atoms with Crippen molar-refractivity contribution in [2.45, 2.75) is 12.8 Å². The average molecular weight is 383 g/mol. The third-order valence-electron chi connectivity index (χ3n) is 5.17. The fraction of sp³-hybridized carbons (Fsp3) is 0.300. The highest BCUT2D eigenvalue weighted by Gasteiger charge is 2.36. The summed E-state index contributed by atoms with van der Waals surface area (Å²) in [5.74, 6) is 0.763. The Hall–Kier alpha value is -2.64. The van der Waals surface area contributed by atoms with Crippen molar-refractivity contribution in [1.82, 2.24) is 9.88 Å². The normalized spacial score (nSPS) is 19.4. The van der Waals surface area contributed by atoms with Crippen LogP contribution in [0.3, 0.4) is 0 Å². The maximum Gasteiger partial charge on any atom is 0.321 e. The van der Waals surface area contributed by atoms with Crippen LogP contribution in [0, 0.1) is 12.8 Å². The molecule has 0 bridgehead atoms. The van der Waals surface area contributed by atoms with E-state index in [1.807, 2.05) is 30.5 Å². The second-order valence-corrected chi connectivity index (χ2v) is 7.54. The molecular formula is C20H21N3O3S. The Balaban J connectivity index is 1.51. The zero-order valence-corrected chi connectivity index (χ0v) is 15.8. The van der Waals surface area contributed by atoms with Gasteiger partial charge in [-0.05, 0) is 47.0 Å². The van der Waals surface area contributed by atoms with Crippen molar-refractivity contribution in [3.05, 3.63) is 58.6 Å². The van der Waals surface area contributed by atoms with E-state index in [9.17, 15) is 9.90 Å². The van der Waals surface area contributed by atoms with Crippen molar-refractivity contribution >= 4 is 23.1 Å². The van der Waals surface area contributed by atoms with Gasteiger partial charge in [0.2, 0.25) is 5.89 Å². The molecule has 2 aromatic heterocycles. The number of thiophene rings is 1. The number of benzene rings is 1. The Morgan fingerprint density at radius 1 is 1.41 bits per heavy atom. The van der Waals surface area contributed by atoms with Crippen LogP contribution >= 0.6 is 11.3 Å². The third-order valence-corrected chi connectivity index (χ3v) is 5.87. The van der Waals surface area contributed by atoms with Gasteiger partial charge in [0.05, 0.1) is 6.20 Å². The van der Waals surface area contributed by atoms with Crippen LogP contribution in [0.4, 0.5) is 10.5 Å². The molecule has 140 valence electrons. The molecule has 2 N–H and O–H groups in total. The van der Waals surface area contributed by atoms with Crippen LogP contribution in [0.1, 0.15) is 17.0 Å². The number of rotatable bonds is 4. The van der Waals surface area contributed by atoms with E-state index in [2.05, 4.69) is 21.7 Å². The zero-order valence-electron chi connectivity index (χ0n) is 15.0. The van der Waals surface area contributed by atoms with Gasteiger partial charge in [-0.2, -0.15) is 11.3 Å². The van der Waals surface area contributed by atoms with Gasteiger partial charge in [-0.3, -0.25) is 0 Å². The number of hydrogen-bond donors (Lipinski definition) is 2. The van der Waals surface area contributed by atoms with Crippen molar-refractivity contribution in [2.75, 3.05) is 25.0 Å². The molecule has 0 aliphatic carbocycles. The van der Waals surface area contributed by atoms with Crippen LogP contribution in [-0.2, 0) is 0 Å². The van der Waals surface area contributed by atoms with Crippen molar-refractivity contribution in [2.24, 2.45) is 5.92 Å². The Morgan fingerprint density at radius 3 is 3.00 bits per heavy atom. The molecule has 6 nitrogen and oxygen atoms in total. The lowest BCUT2D eigenvalue weighted by molar-refractivity contribution is 0.207. The van der Waals surface area contributed by atoms with Crippen LogP contribution in [-0.4, -0.2) is 40.7 Å². The molecule has 1 saturated heterocycles. The largest absolute Gasteiger partial charge is 0.445 e. The number of anilines is 1. The summed E-state index contributed by atoms with van der Waals surface area (Å²) >= 11 is 1.64. The standard InChI is InChI=1S/C20H21N3O3S/c1-13-16(19-21-6-7-26-19)3-2-4-18(13)22-20(25)23-9-15(11-24)17(10-23)14-5-8-27-12-14/h2-8,12,15,17,24H,9-11H2,1H3,(H,22,25)/t15-,17-/m0/s1. The number of oxazole rings is 1. The summed E-state index contributed by atoms with van der Waals surface area (Å²) in [6.45, 7) is 3.15. The average Bonchev–Trinajstić information content (AvgIpc) is 3.43. The number of aliphatic hydroxyl groups excluding tert-OH is 1. The van der Waals surface area contributed by atoms with E-state index < -0.39 is 0 Å². The third kappa shape index (κ3) is 3.48. The molecule has 2 atom stereocenters. The quantitative estimate of drug-likeness (QED) is 0.715. The summed E-state index contributed by atoms with van der Waals surface area (Å²) in [5.41, 5.74) is 3.68. The number of amides is 2. The molecule has 4 rings (SSSR count). The van der Waals surface area contributed by atoms with Gasteiger partial charge < -0.3 is 19.7 Å². The fourth-order valence-corrected chi connectivity index (χ4v) is 4.36. The minimum absolute atomic E-state index is 0.0603. The molecule has 1 aromatic carbocycles. The number of carbonyl (C=O) groups is 1. The highest BCUT2D eigenvalue weighted by molar-refractivity contribution is 7.08. The lowest BCUT2D eigenvalue weighted by Gasteiger charge is -2.19. The van der Waals surface area contributed by atoms with E-state index in [-0.39, 0.29) is 24.5 Å². The first-order valence-electron chi connectivity index (χ1n) is 8.85. The van der Waals surface area contributed by atoms with Gasteiger partial charge in [0, 0.05) is 42.8 Å². The fourth-order valence-electron chi connectivity index (χ4n) is 3.64. The molecule has 27 heavy (non-hydrogen) atoms. The summed E-state index contributed by atoms with van der Waals surface area (Å²) in [7, 11) is 0. The summed E-state index contributed by atoms with van der Waals surface area (Å²) in [6, 6.07) is 7.58. The highest BCUT2D eigenvalue weighted by Crippen LogP contribution is 2.34. The van der Waals surface area contributed by atoms with E-state index in [0.29, 0.717) is 19.0 Å². The highest BCUT2D eigenvalue weighted by atomic mass is 32.1. The number of carbonyl (C=O) groups excluding carboxylic acids is 1. The van der Waals surface area contributed by atoms with E-state index >= 15 is 0 Å². The molecule has 0 radical (unpaired) electrons. The molecule has 2 amide bonds. The summed E-state index contributed by atoms with van der Waals surface area (Å²) in [6.07, 6.45) is 3.13. The number of likely N-dealkylation sites (tertiary alicyclic amines) is 1. The van der Waals surface area contributed by atoms with Gasteiger partial charge in [-0.25, -0.2) is 9.78 Å². The Labute approximate surface area is 161 Å². The van der Waals surface area contributed by atoms with Gasteiger partial charge in [0.15, 0.2) is 0 Å². The number of urea groups is 1. The Bertz CT molecular complexity index is 909. The van der Waals surface area contributed by atoms with E-state index in [4.69, 9.17) is 4.42 Å². The van der Waals surface area contributed by atoms with Gasteiger partial charge >= 0.3 is 6.03 Å². The number of aromatic nitrogens is 1. The topological polar surface area (TPSA) is 78.6 Å². The first kappa shape index (κ1) is 17.8. The van der Waals surface area contributed by atoms with Crippen LogP contribution < -0.4 is 5.32 Å². The zero-order chi connectivity index (χ0) is 18.8. The molecule has 3 aromatic rings. The predicted molar refractivity (Wildman–Crippen MR) is 105 cm³/mol.